The molecule has 0 atom stereocenters. The molecule has 0 bridgehead atoms. The minimum atomic E-state index is -1.45. The average Bonchev–Trinajstić information content (AvgIpc) is 2.41. The van der Waals surface area contributed by atoms with Crippen LogP contribution in [-0.2, 0) is 11.0 Å². The van der Waals surface area contributed by atoms with Crippen LogP contribution in [0.1, 0.15) is 26.3 Å². The molecule has 17 heavy (non-hydrogen) atoms. The van der Waals surface area contributed by atoms with E-state index in [4.69, 9.17) is 9.16 Å². The summed E-state index contributed by atoms with van der Waals surface area (Å²) in [7, 11) is 0.236. The second-order valence-corrected chi connectivity index (χ2v) is 9.16. The third-order valence-corrected chi connectivity index (χ3v) is 8.26. The van der Waals surface area contributed by atoms with Crippen LogP contribution in [-0.4, -0.2) is 15.4 Å². The lowest BCUT2D eigenvalue weighted by atomic mass is 10.2. The summed E-state index contributed by atoms with van der Waals surface area (Å²) < 4.78 is 11.4. The Bertz CT molecular complexity index is 309. The molecule has 0 aliphatic rings. The SMILES string of the molecule is CC[Si](CC)(CC)OCc1ccc(OC)cc1. The van der Waals surface area contributed by atoms with E-state index in [-0.39, 0.29) is 0 Å². The summed E-state index contributed by atoms with van der Waals surface area (Å²) in [5.74, 6) is 0.902. The molecule has 0 radical (unpaired) electrons. The molecule has 96 valence electrons. The van der Waals surface area contributed by atoms with Crippen molar-refractivity contribution in [3.63, 3.8) is 0 Å². The second kappa shape index (κ2) is 6.82. The van der Waals surface area contributed by atoms with Crippen LogP contribution in [0.5, 0.6) is 5.75 Å². The van der Waals surface area contributed by atoms with Crippen LogP contribution in [0.2, 0.25) is 18.1 Å². The van der Waals surface area contributed by atoms with Crippen molar-refractivity contribution >= 4 is 8.32 Å². The standard InChI is InChI=1S/C14H24O2Si/c1-5-17(6-2,7-3)16-12-13-8-10-14(15-4)11-9-13/h8-11H,5-7,12H2,1-4H3. The Morgan fingerprint density at radius 3 is 1.88 bits per heavy atom. The van der Waals surface area contributed by atoms with E-state index in [0.717, 1.165) is 12.4 Å². The van der Waals surface area contributed by atoms with Gasteiger partial charge in [0.1, 0.15) is 5.75 Å². The Morgan fingerprint density at radius 2 is 1.47 bits per heavy atom. The zero-order valence-corrected chi connectivity index (χ0v) is 12.5. The topological polar surface area (TPSA) is 18.5 Å². The van der Waals surface area contributed by atoms with Gasteiger partial charge in [0.15, 0.2) is 8.32 Å². The van der Waals surface area contributed by atoms with Gasteiger partial charge in [-0.25, -0.2) is 0 Å². The first kappa shape index (κ1) is 14.3. The van der Waals surface area contributed by atoms with Gasteiger partial charge in [0.25, 0.3) is 0 Å². The Hall–Kier alpha value is -0.803. The van der Waals surface area contributed by atoms with Gasteiger partial charge in [-0.2, -0.15) is 0 Å². The van der Waals surface area contributed by atoms with Crippen LogP contribution in [0.15, 0.2) is 24.3 Å². The minimum absolute atomic E-state index is 0.742. The molecule has 3 heteroatoms. The van der Waals surface area contributed by atoms with Crippen LogP contribution >= 0.6 is 0 Å². The lowest BCUT2D eigenvalue weighted by molar-refractivity contribution is 0.287. The van der Waals surface area contributed by atoms with E-state index in [2.05, 4.69) is 32.9 Å². The number of ether oxygens (including phenoxy) is 1. The van der Waals surface area contributed by atoms with E-state index in [9.17, 15) is 0 Å². The fourth-order valence-electron chi connectivity index (χ4n) is 2.01. The third-order valence-electron chi connectivity index (χ3n) is 3.64. The molecule has 2 nitrogen and oxygen atoms in total. The highest BCUT2D eigenvalue weighted by Gasteiger charge is 2.28. The molecule has 0 amide bonds. The maximum atomic E-state index is 6.23. The highest BCUT2D eigenvalue weighted by molar-refractivity contribution is 6.73. The van der Waals surface area contributed by atoms with Crippen molar-refractivity contribution in [3.05, 3.63) is 29.8 Å². The molecule has 0 spiro atoms. The fraction of sp³-hybridized carbons (Fsp3) is 0.571. The monoisotopic (exact) mass is 252 g/mol. The molecule has 0 saturated carbocycles. The largest absolute Gasteiger partial charge is 0.497 e. The molecule has 0 aliphatic heterocycles. The first-order valence-electron chi connectivity index (χ1n) is 6.46. The Kier molecular flexibility index (Phi) is 5.72. The van der Waals surface area contributed by atoms with Gasteiger partial charge in [0.2, 0.25) is 0 Å². The van der Waals surface area contributed by atoms with Gasteiger partial charge in [-0.05, 0) is 35.8 Å². The maximum Gasteiger partial charge on any atom is 0.192 e. The third kappa shape index (κ3) is 3.86. The van der Waals surface area contributed by atoms with Crippen molar-refractivity contribution in [1.82, 2.24) is 0 Å². The first-order valence-corrected chi connectivity index (χ1v) is 8.99. The lowest BCUT2D eigenvalue weighted by Gasteiger charge is -2.28. The summed E-state index contributed by atoms with van der Waals surface area (Å²) in [4.78, 5) is 0. The number of hydrogen-bond donors (Lipinski definition) is 0. The smallest absolute Gasteiger partial charge is 0.192 e. The number of rotatable bonds is 7. The average molecular weight is 252 g/mol. The van der Waals surface area contributed by atoms with Gasteiger partial charge in [-0.3, -0.25) is 0 Å². The molecule has 0 N–H and O–H groups in total. The number of hydrogen-bond acceptors (Lipinski definition) is 2. The molecule has 0 aliphatic carbocycles. The van der Waals surface area contributed by atoms with Crippen molar-refractivity contribution < 1.29 is 9.16 Å². The van der Waals surface area contributed by atoms with Crippen LogP contribution in [0.4, 0.5) is 0 Å². The van der Waals surface area contributed by atoms with Crippen molar-refractivity contribution in [2.45, 2.75) is 45.5 Å². The van der Waals surface area contributed by atoms with E-state index < -0.39 is 8.32 Å². The fourth-order valence-corrected chi connectivity index (χ4v) is 4.60. The molecular formula is C14H24O2Si. The van der Waals surface area contributed by atoms with Gasteiger partial charge in [0.05, 0.1) is 13.7 Å². The molecular weight excluding hydrogens is 228 g/mol. The van der Waals surface area contributed by atoms with Crippen molar-refractivity contribution in [2.24, 2.45) is 0 Å². The maximum absolute atomic E-state index is 6.23. The van der Waals surface area contributed by atoms with Gasteiger partial charge in [-0.1, -0.05) is 32.9 Å². The molecule has 1 rings (SSSR count). The van der Waals surface area contributed by atoms with Crippen molar-refractivity contribution in [1.29, 1.82) is 0 Å². The molecule has 0 aromatic heterocycles. The summed E-state index contributed by atoms with van der Waals surface area (Å²) >= 11 is 0. The summed E-state index contributed by atoms with van der Waals surface area (Å²) in [6.07, 6.45) is 0. The molecule has 0 heterocycles. The summed E-state index contributed by atoms with van der Waals surface area (Å²) in [6, 6.07) is 11.8. The number of methoxy groups -OCH3 is 1. The Morgan fingerprint density at radius 1 is 0.941 bits per heavy atom. The zero-order valence-electron chi connectivity index (χ0n) is 11.5. The second-order valence-electron chi connectivity index (χ2n) is 4.38. The lowest BCUT2D eigenvalue weighted by Crippen LogP contribution is -2.35. The summed E-state index contributed by atoms with van der Waals surface area (Å²) in [5, 5.41) is 0. The molecule has 1 aromatic rings. The van der Waals surface area contributed by atoms with Gasteiger partial charge >= 0.3 is 0 Å². The van der Waals surface area contributed by atoms with Crippen molar-refractivity contribution in [2.75, 3.05) is 7.11 Å². The Labute approximate surface area is 106 Å². The van der Waals surface area contributed by atoms with E-state index in [1.54, 1.807) is 7.11 Å². The molecule has 0 fully saturated rings. The zero-order chi connectivity index (χ0) is 12.7. The van der Waals surface area contributed by atoms with E-state index in [0.29, 0.717) is 0 Å². The Balaban J connectivity index is 2.59. The van der Waals surface area contributed by atoms with E-state index in [1.165, 1.54) is 23.7 Å². The predicted octanol–water partition coefficient (Wildman–Crippen LogP) is 4.22. The quantitative estimate of drug-likeness (QED) is 0.677. The van der Waals surface area contributed by atoms with Crippen molar-refractivity contribution in [3.8, 4) is 5.75 Å². The first-order chi connectivity index (χ1) is 8.19. The van der Waals surface area contributed by atoms with Gasteiger partial charge in [0, 0.05) is 0 Å². The van der Waals surface area contributed by atoms with Crippen LogP contribution < -0.4 is 4.74 Å². The number of benzene rings is 1. The minimum Gasteiger partial charge on any atom is -0.497 e. The molecule has 0 saturated heterocycles. The van der Waals surface area contributed by atoms with Crippen LogP contribution in [0.25, 0.3) is 0 Å². The summed E-state index contributed by atoms with van der Waals surface area (Å²) in [5.41, 5.74) is 1.23. The predicted molar refractivity (Wildman–Crippen MR) is 75.0 cm³/mol. The van der Waals surface area contributed by atoms with E-state index >= 15 is 0 Å². The summed E-state index contributed by atoms with van der Waals surface area (Å²) in [6.45, 7) is 7.51. The normalized spacial score (nSPS) is 11.5. The van der Waals surface area contributed by atoms with Crippen LogP contribution in [0.3, 0.4) is 0 Å². The van der Waals surface area contributed by atoms with Crippen LogP contribution in [0, 0.1) is 0 Å². The molecule has 1 aromatic carbocycles. The molecule has 0 unspecified atom stereocenters. The van der Waals surface area contributed by atoms with E-state index in [1.807, 2.05) is 12.1 Å². The highest BCUT2D eigenvalue weighted by atomic mass is 28.4. The highest BCUT2D eigenvalue weighted by Crippen LogP contribution is 2.23. The van der Waals surface area contributed by atoms with Gasteiger partial charge in [-0.15, -0.1) is 0 Å². The van der Waals surface area contributed by atoms with Gasteiger partial charge < -0.3 is 9.16 Å².